The highest BCUT2D eigenvalue weighted by molar-refractivity contribution is 6.32. The van der Waals surface area contributed by atoms with E-state index < -0.39 is 11.9 Å². The first kappa shape index (κ1) is 10.5. The largest absolute Gasteiger partial charge is 0.388 e. The van der Waals surface area contributed by atoms with E-state index in [2.05, 4.69) is 0 Å². The van der Waals surface area contributed by atoms with Crippen molar-refractivity contribution in [2.75, 3.05) is 0 Å². The highest BCUT2D eigenvalue weighted by Gasteiger charge is 2.16. The quantitative estimate of drug-likeness (QED) is 0.781. The lowest BCUT2D eigenvalue weighted by atomic mass is 10.0. The van der Waals surface area contributed by atoms with Gasteiger partial charge in [0, 0.05) is 5.56 Å². The molecule has 0 aliphatic heterocycles. The molecule has 1 aromatic rings. The lowest BCUT2D eigenvalue weighted by molar-refractivity contribution is 0.169. The molecule has 0 fully saturated rings. The molecule has 0 heterocycles. The summed E-state index contributed by atoms with van der Waals surface area (Å²) in [5.74, 6) is -0.440. The summed E-state index contributed by atoms with van der Waals surface area (Å²) >= 11 is 5.87. The highest BCUT2D eigenvalue weighted by atomic mass is 35.5. The fraction of sp³-hybridized carbons (Fsp3) is 0.400. The molecule has 1 rings (SSSR count). The Bertz CT molecular complexity index is 312. The minimum absolute atomic E-state index is 0.212. The molecule has 72 valence electrons. The number of hydrogen-bond donors (Lipinski definition) is 1. The lowest BCUT2D eigenvalue weighted by Gasteiger charge is -2.12. The molecule has 1 nitrogen and oxygen atoms in total. The second-order valence-electron chi connectivity index (χ2n) is 3.02. The summed E-state index contributed by atoms with van der Waals surface area (Å²) in [4.78, 5) is 0. The molecule has 3 heteroatoms. The molecule has 0 amide bonds. The van der Waals surface area contributed by atoms with E-state index in [4.69, 9.17) is 11.6 Å². The number of rotatable bonds is 2. The van der Waals surface area contributed by atoms with Crippen molar-refractivity contribution in [2.24, 2.45) is 0 Å². The fourth-order valence-corrected chi connectivity index (χ4v) is 1.47. The van der Waals surface area contributed by atoms with Crippen molar-refractivity contribution in [1.82, 2.24) is 0 Å². The average Bonchev–Trinajstić information content (AvgIpc) is 2.12. The summed E-state index contributed by atoms with van der Waals surface area (Å²) < 4.78 is 13.2. The molecule has 0 saturated carbocycles. The third kappa shape index (κ3) is 2.01. The Hall–Kier alpha value is -0.600. The maximum absolute atomic E-state index is 13.2. The van der Waals surface area contributed by atoms with Gasteiger partial charge in [0.15, 0.2) is 0 Å². The van der Waals surface area contributed by atoms with Crippen molar-refractivity contribution < 1.29 is 9.50 Å². The monoisotopic (exact) mass is 202 g/mol. The first-order valence-corrected chi connectivity index (χ1v) is 4.58. The predicted molar refractivity (Wildman–Crippen MR) is 51.4 cm³/mol. The molecule has 0 spiro atoms. The van der Waals surface area contributed by atoms with Crippen LogP contribution >= 0.6 is 11.6 Å². The predicted octanol–water partition coefficient (Wildman–Crippen LogP) is 3.23. The van der Waals surface area contributed by atoms with Gasteiger partial charge in [0.1, 0.15) is 5.82 Å². The molecule has 13 heavy (non-hydrogen) atoms. The molecule has 1 unspecified atom stereocenters. The van der Waals surface area contributed by atoms with Crippen molar-refractivity contribution in [3.63, 3.8) is 0 Å². The lowest BCUT2D eigenvalue weighted by Crippen LogP contribution is -2.01. The molecular formula is C10H12ClFO. The van der Waals surface area contributed by atoms with Gasteiger partial charge in [0.2, 0.25) is 0 Å². The van der Waals surface area contributed by atoms with E-state index in [9.17, 15) is 9.50 Å². The molecule has 0 bridgehead atoms. The first-order chi connectivity index (χ1) is 6.07. The maximum Gasteiger partial charge on any atom is 0.130 e. The van der Waals surface area contributed by atoms with Gasteiger partial charge in [-0.3, -0.25) is 0 Å². The molecule has 1 N–H and O–H groups in total. The van der Waals surface area contributed by atoms with Crippen LogP contribution in [0.2, 0.25) is 5.02 Å². The molecule has 0 aliphatic rings. The molecular weight excluding hydrogens is 191 g/mol. The van der Waals surface area contributed by atoms with Gasteiger partial charge in [0.05, 0.1) is 11.1 Å². The number of hydrogen-bond acceptors (Lipinski definition) is 1. The Labute approximate surface area is 82.2 Å². The van der Waals surface area contributed by atoms with Crippen LogP contribution in [0, 0.1) is 12.7 Å². The van der Waals surface area contributed by atoms with Gasteiger partial charge in [-0.1, -0.05) is 24.6 Å². The normalized spacial score (nSPS) is 13.0. The minimum atomic E-state index is -0.813. The second-order valence-corrected chi connectivity index (χ2v) is 3.39. The number of benzene rings is 1. The molecule has 0 saturated heterocycles. The molecule has 0 aliphatic carbocycles. The zero-order chi connectivity index (χ0) is 10.0. The number of aliphatic hydroxyl groups excluding tert-OH is 1. The van der Waals surface area contributed by atoms with E-state index in [0.29, 0.717) is 11.4 Å². The molecule has 0 aromatic heterocycles. The third-order valence-corrected chi connectivity index (χ3v) is 2.54. The van der Waals surface area contributed by atoms with Crippen LogP contribution in [0.15, 0.2) is 12.1 Å². The van der Waals surface area contributed by atoms with Crippen molar-refractivity contribution in [3.8, 4) is 0 Å². The molecule has 0 radical (unpaired) electrons. The standard InChI is InChI=1S/C10H12ClFO/c1-3-8(13)9-7(12)5-4-6(2)10(9)11/h4-5,8,13H,3H2,1-2H3. The minimum Gasteiger partial charge on any atom is -0.388 e. The topological polar surface area (TPSA) is 20.2 Å². The number of aryl methyl sites for hydroxylation is 1. The first-order valence-electron chi connectivity index (χ1n) is 4.20. The van der Waals surface area contributed by atoms with Gasteiger partial charge in [-0.2, -0.15) is 0 Å². The Balaban J connectivity index is 3.25. The third-order valence-electron chi connectivity index (χ3n) is 2.04. The Kier molecular flexibility index (Phi) is 3.28. The van der Waals surface area contributed by atoms with E-state index in [1.807, 2.05) is 0 Å². The molecule has 1 aromatic carbocycles. The zero-order valence-corrected chi connectivity index (χ0v) is 8.40. The van der Waals surface area contributed by atoms with E-state index in [1.54, 1.807) is 19.9 Å². The van der Waals surface area contributed by atoms with Gasteiger partial charge < -0.3 is 5.11 Å². The Morgan fingerprint density at radius 1 is 1.54 bits per heavy atom. The fourth-order valence-electron chi connectivity index (χ4n) is 1.19. The van der Waals surface area contributed by atoms with E-state index in [-0.39, 0.29) is 5.56 Å². The summed E-state index contributed by atoms with van der Waals surface area (Å²) in [5, 5.41) is 9.82. The maximum atomic E-state index is 13.2. The highest BCUT2D eigenvalue weighted by Crippen LogP contribution is 2.30. The van der Waals surface area contributed by atoms with Gasteiger partial charge >= 0.3 is 0 Å². The molecule has 1 atom stereocenters. The van der Waals surface area contributed by atoms with Crippen molar-refractivity contribution in [3.05, 3.63) is 34.1 Å². The van der Waals surface area contributed by atoms with Crippen LogP contribution in [0.5, 0.6) is 0 Å². The SMILES string of the molecule is CCC(O)c1c(F)ccc(C)c1Cl. The van der Waals surface area contributed by atoms with Crippen LogP contribution in [-0.4, -0.2) is 5.11 Å². The van der Waals surface area contributed by atoms with Crippen LogP contribution in [0.1, 0.15) is 30.6 Å². The summed E-state index contributed by atoms with van der Waals surface area (Å²) in [6.45, 7) is 3.57. The average molecular weight is 203 g/mol. The Morgan fingerprint density at radius 3 is 2.69 bits per heavy atom. The second kappa shape index (κ2) is 4.07. The zero-order valence-electron chi connectivity index (χ0n) is 7.64. The van der Waals surface area contributed by atoms with Crippen LogP contribution < -0.4 is 0 Å². The van der Waals surface area contributed by atoms with E-state index >= 15 is 0 Å². The van der Waals surface area contributed by atoms with Gasteiger partial charge in [-0.05, 0) is 25.0 Å². The van der Waals surface area contributed by atoms with Crippen LogP contribution in [0.4, 0.5) is 4.39 Å². The van der Waals surface area contributed by atoms with E-state index in [1.165, 1.54) is 6.07 Å². The summed E-state index contributed by atoms with van der Waals surface area (Å²) in [6, 6.07) is 2.93. The van der Waals surface area contributed by atoms with E-state index in [0.717, 1.165) is 5.56 Å². The van der Waals surface area contributed by atoms with Crippen molar-refractivity contribution in [1.29, 1.82) is 0 Å². The van der Waals surface area contributed by atoms with Crippen LogP contribution in [0.25, 0.3) is 0 Å². The van der Waals surface area contributed by atoms with Crippen molar-refractivity contribution >= 4 is 11.6 Å². The van der Waals surface area contributed by atoms with Gasteiger partial charge in [0.25, 0.3) is 0 Å². The van der Waals surface area contributed by atoms with Crippen LogP contribution in [0.3, 0.4) is 0 Å². The van der Waals surface area contributed by atoms with Gasteiger partial charge in [-0.15, -0.1) is 0 Å². The smallest absolute Gasteiger partial charge is 0.130 e. The van der Waals surface area contributed by atoms with Crippen molar-refractivity contribution in [2.45, 2.75) is 26.4 Å². The number of aliphatic hydroxyl groups is 1. The summed E-state index contributed by atoms with van der Waals surface area (Å²) in [7, 11) is 0. The Morgan fingerprint density at radius 2 is 2.15 bits per heavy atom. The van der Waals surface area contributed by atoms with Crippen LogP contribution in [-0.2, 0) is 0 Å². The summed E-state index contributed by atoms with van der Waals surface area (Å²) in [6.07, 6.45) is -0.354. The summed E-state index contributed by atoms with van der Waals surface area (Å²) in [5.41, 5.74) is 0.995. The number of halogens is 2. The van der Waals surface area contributed by atoms with Gasteiger partial charge in [-0.25, -0.2) is 4.39 Å².